The fourth-order valence-corrected chi connectivity index (χ4v) is 1.82. The molecular formula is C13H17NO3. The molecule has 4 heteroatoms. The van der Waals surface area contributed by atoms with Crippen molar-refractivity contribution in [2.75, 3.05) is 18.5 Å². The van der Waals surface area contributed by atoms with Crippen molar-refractivity contribution in [2.45, 2.75) is 26.7 Å². The maximum atomic E-state index is 11.1. The van der Waals surface area contributed by atoms with Crippen LogP contribution in [-0.2, 0) is 11.2 Å². The molecule has 0 atom stereocenters. The highest BCUT2D eigenvalue weighted by atomic mass is 16.5. The van der Waals surface area contributed by atoms with Crippen LogP contribution >= 0.6 is 0 Å². The number of carbonyl (C=O) groups is 1. The molecule has 0 aliphatic carbocycles. The van der Waals surface area contributed by atoms with Gasteiger partial charge in [-0.05, 0) is 12.5 Å². The molecule has 1 aliphatic rings. The second-order valence-corrected chi connectivity index (χ2v) is 4.08. The number of anilines is 1. The van der Waals surface area contributed by atoms with E-state index in [-0.39, 0.29) is 5.91 Å². The Hall–Kier alpha value is -1.71. The lowest BCUT2D eigenvalue weighted by molar-refractivity contribution is -0.114. The van der Waals surface area contributed by atoms with Crippen molar-refractivity contribution < 1.29 is 14.3 Å². The maximum Gasteiger partial charge on any atom is 0.221 e. The molecule has 0 saturated heterocycles. The summed E-state index contributed by atoms with van der Waals surface area (Å²) in [5.74, 6) is 1.47. The third kappa shape index (κ3) is 2.70. The van der Waals surface area contributed by atoms with Crippen LogP contribution in [0.25, 0.3) is 0 Å². The molecule has 1 aromatic carbocycles. The average Bonchev–Trinajstić information content (AvgIpc) is 2.72. The van der Waals surface area contributed by atoms with Crippen molar-refractivity contribution in [3.8, 4) is 11.5 Å². The van der Waals surface area contributed by atoms with Crippen molar-refractivity contribution >= 4 is 11.6 Å². The first-order valence-corrected chi connectivity index (χ1v) is 5.91. The fourth-order valence-electron chi connectivity index (χ4n) is 1.82. The number of rotatable bonds is 4. The van der Waals surface area contributed by atoms with Gasteiger partial charge in [0.2, 0.25) is 5.91 Å². The fraction of sp³-hybridized carbons (Fsp3) is 0.462. The number of benzene rings is 1. The van der Waals surface area contributed by atoms with Crippen LogP contribution in [0.5, 0.6) is 11.5 Å². The van der Waals surface area contributed by atoms with Gasteiger partial charge >= 0.3 is 0 Å². The first-order valence-electron chi connectivity index (χ1n) is 5.91. The van der Waals surface area contributed by atoms with E-state index in [1.807, 2.05) is 12.1 Å². The lowest BCUT2D eigenvalue weighted by atomic mass is 10.1. The largest absolute Gasteiger partial charge is 0.493 e. The summed E-state index contributed by atoms with van der Waals surface area (Å²) in [4.78, 5) is 11.1. The molecule has 0 unspecified atom stereocenters. The van der Waals surface area contributed by atoms with E-state index >= 15 is 0 Å². The van der Waals surface area contributed by atoms with E-state index < -0.39 is 0 Å². The highest BCUT2D eigenvalue weighted by Gasteiger charge is 2.17. The smallest absolute Gasteiger partial charge is 0.221 e. The molecule has 0 bridgehead atoms. The van der Waals surface area contributed by atoms with Crippen LogP contribution < -0.4 is 14.8 Å². The molecule has 1 N–H and O–H groups in total. The van der Waals surface area contributed by atoms with Gasteiger partial charge in [-0.3, -0.25) is 4.79 Å². The van der Waals surface area contributed by atoms with Gasteiger partial charge < -0.3 is 14.8 Å². The SMILES string of the molecule is CCCOc1cc2c(cc1NC(C)=O)OCC2. The van der Waals surface area contributed by atoms with Gasteiger partial charge in [0.1, 0.15) is 11.5 Å². The van der Waals surface area contributed by atoms with Gasteiger partial charge in [0.05, 0.1) is 18.9 Å². The number of carbonyl (C=O) groups excluding carboxylic acids is 1. The van der Waals surface area contributed by atoms with Crippen molar-refractivity contribution in [3.05, 3.63) is 17.7 Å². The van der Waals surface area contributed by atoms with Crippen LogP contribution in [0.15, 0.2) is 12.1 Å². The van der Waals surface area contributed by atoms with Crippen molar-refractivity contribution in [1.29, 1.82) is 0 Å². The van der Waals surface area contributed by atoms with Crippen LogP contribution in [0.3, 0.4) is 0 Å². The normalized spacial score (nSPS) is 12.8. The average molecular weight is 235 g/mol. The monoisotopic (exact) mass is 235 g/mol. The first-order chi connectivity index (χ1) is 8.20. The zero-order valence-corrected chi connectivity index (χ0v) is 10.2. The summed E-state index contributed by atoms with van der Waals surface area (Å²) in [5.41, 5.74) is 1.83. The Labute approximate surface area is 101 Å². The van der Waals surface area contributed by atoms with Gasteiger partial charge in [-0.15, -0.1) is 0 Å². The van der Waals surface area contributed by atoms with E-state index in [1.54, 1.807) is 0 Å². The Balaban J connectivity index is 2.29. The molecule has 1 aromatic rings. The zero-order chi connectivity index (χ0) is 12.3. The van der Waals surface area contributed by atoms with Crippen LogP contribution in [0.1, 0.15) is 25.8 Å². The van der Waals surface area contributed by atoms with E-state index in [2.05, 4.69) is 12.2 Å². The van der Waals surface area contributed by atoms with E-state index in [4.69, 9.17) is 9.47 Å². The molecule has 1 amide bonds. The van der Waals surface area contributed by atoms with Crippen LogP contribution in [-0.4, -0.2) is 19.1 Å². The number of hydrogen-bond donors (Lipinski definition) is 1. The molecule has 0 radical (unpaired) electrons. The third-order valence-corrected chi connectivity index (χ3v) is 2.56. The van der Waals surface area contributed by atoms with Gasteiger partial charge in [-0.25, -0.2) is 0 Å². The lowest BCUT2D eigenvalue weighted by Gasteiger charge is -2.13. The summed E-state index contributed by atoms with van der Waals surface area (Å²) < 4.78 is 11.1. The van der Waals surface area contributed by atoms with Crippen LogP contribution in [0, 0.1) is 0 Å². The van der Waals surface area contributed by atoms with Gasteiger partial charge in [0, 0.05) is 25.0 Å². The standard InChI is InChI=1S/C13H17NO3/c1-3-5-16-13-7-10-4-6-17-12(10)8-11(13)14-9(2)15/h7-8H,3-6H2,1-2H3,(H,14,15). The highest BCUT2D eigenvalue weighted by Crippen LogP contribution is 2.36. The van der Waals surface area contributed by atoms with Crippen LogP contribution in [0.4, 0.5) is 5.69 Å². The number of ether oxygens (including phenoxy) is 2. The summed E-state index contributed by atoms with van der Waals surface area (Å²) in [5, 5.41) is 2.77. The second kappa shape index (κ2) is 5.08. The van der Waals surface area contributed by atoms with Gasteiger partial charge in [-0.2, -0.15) is 0 Å². The predicted molar refractivity (Wildman–Crippen MR) is 65.7 cm³/mol. The number of hydrogen-bond acceptors (Lipinski definition) is 3. The van der Waals surface area contributed by atoms with E-state index in [9.17, 15) is 4.79 Å². The topological polar surface area (TPSA) is 47.6 Å². The summed E-state index contributed by atoms with van der Waals surface area (Å²) in [6, 6.07) is 3.80. The molecule has 1 heterocycles. The molecule has 4 nitrogen and oxygen atoms in total. The van der Waals surface area contributed by atoms with Crippen molar-refractivity contribution in [1.82, 2.24) is 0 Å². The minimum absolute atomic E-state index is 0.107. The first kappa shape index (κ1) is 11.8. The summed E-state index contributed by atoms with van der Waals surface area (Å²) in [7, 11) is 0. The molecular weight excluding hydrogens is 218 g/mol. The predicted octanol–water partition coefficient (Wildman–Crippen LogP) is 2.37. The minimum atomic E-state index is -0.107. The summed E-state index contributed by atoms with van der Waals surface area (Å²) in [6.07, 6.45) is 1.84. The molecule has 2 rings (SSSR count). The van der Waals surface area contributed by atoms with Gasteiger partial charge in [0.15, 0.2) is 0 Å². The number of amides is 1. The molecule has 0 fully saturated rings. The second-order valence-electron chi connectivity index (χ2n) is 4.08. The number of nitrogens with one attached hydrogen (secondary N) is 1. The number of fused-ring (bicyclic) bond motifs is 1. The Bertz CT molecular complexity index is 429. The van der Waals surface area contributed by atoms with E-state index in [0.717, 1.165) is 29.9 Å². The van der Waals surface area contributed by atoms with E-state index in [0.29, 0.717) is 18.9 Å². The third-order valence-electron chi connectivity index (χ3n) is 2.56. The quantitative estimate of drug-likeness (QED) is 0.871. The Morgan fingerprint density at radius 1 is 1.53 bits per heavy atom. The molecule has 92 valence electrons. The molecule has 1 aliphatic heterocycles. The Kier molecular flexibility index (Phi) is 3.52. The molecule has 0 saturated carbocycles. The Morgan fingerprint density at radius 2 is 2.35 bits per heavy atom. The van der Waals surface area contributed by atoms with Crippen LogP contribution in [0.2, 0.25) is 0 Å². The zero-order valence-electron chi connectivity index (χ0n) is 10.2. The summed E-state index contributed by atoms with van der Waals surface area (Å²) in [6.45, 7) is 4.88. The minimum Gasteiger partial charge on any atom is -0.493 e. The molecule has 0 aromatic heterocycles. The lowest BCUT2D eigenvalue weighted by Crippen LogP contribution is -2.08. The molecule has 0 spiro atoms. The van der Waals surface area contributed by atoms with Gasteiger partial charge in [-0.1, -0.05) is 6.92 Å². The highest BCUT2D eigenvalue weighted by molar-refractivity contribution is 5.91. The van der Waals surface area contributed by atoms with E-state index in [1.165, 1.54) is 6.92 Å². The Morgan fingerprint density at radius 3 is 3.06 bits per heavy atom. The molecule has 17 heavy (non-hydrogen) atoms. The van der Waals surface area contributed by atoms with Crippen molar-refractivity contribution in [2.24, 2.45) is 0 Å². The summed E-state index contributed by atoms with van der Waals surface area (Å²) >= 11 is 0. The maximum absolute atomic E-state index is 11.1. The van der Waals surface area contributed by atoms with Crippen molar-refractivity contribution in [3.63, 3.8) is 0 Å². The van der Waals surface area contributed by atoms with Gasteiger partial charge in [0.25, 0.3) is 0 Å².